The van der Waals surface area contributed by atoms with E-state index in [1.807, 2.05) is 25.1 Å². The largest absolute Gasteiger partial charge is 0.297 e. The Balaban J connectivity index is 2.97. The van der Waals surface area contributed by atoms with Crippen molar-refractivity contribution in [2.75, 3.05) is 13.1 Å². The molecule has 0 bridgehead atoms. The van der Waals surface area contributed by atoms with Crippen LogP contribution in [0, 0.1) is 0 Å². The molecule has 0 saturated carbocycles. The molecule has 1 unspecified atom stereocenters. The summed E-state index contributed by atoms with van der Waals surface area (Å²) in [7, 11) is 0. The Labute approximate surface area is 135 Å². The fourth-order valence-corrected chi connectivity index (χ4v) is 3.29. The first kappa shape index (κ1) is 17.7. The van der Waals surface area contributed by atoms with Crippen LogP contribution in [0.5, 0.6) is 0 Å². The second-order valence-corrected chi connectivity index (χ2v) is 6.46. The van der Waals surface area contributed by atoms with Crippen LogP contribution >= 0.6 is 27.5 Å². The third-order valence-electron chi connectivity index (χ3n) is 4.12. The van der Waals surface area contributed by atoms with Crippen LogP contribution in [0.25, 0.3) is 0 Å². The Hall–Kier alpha value is -0.380. The maximum atomic E-state index is 12.7. The maximum Gasteiger partial charge on any atom is 0.157 e. The summed E-state index contributed by atoms with van der Waals surface area (Å²) in [5, 5.41) is 0.644. The second-order valence-electron chi connectivity index (χ2n) is 5.14. The zero-order chi connectivity index (χ0) is 15.3. The summed E-state index contributed by atoms with van der Waals surface area (Å²) < 4.78 is 0.931. The van der Waals surface area contributed by atoms with E-state index in [1.54, 1.807) is 0 Å². The topological polar surface area (TPSA) is 20.3 Å². The van der Waals surface area contributed by atoms with Gasteiger partial charge in [-0.25, -0.2) is 0 Å². The Kier molecular flexibility index (Phi) is 6.70. The fourth-order valence-electron chi connectivity index (χ4n) is 2.55. The normalized spacial score (nSPS) is 14.3. The molecule has 1 atom stereocenters. The third-order valence-corrected chi connectivity index (χ3v) is 4.96. The Morgan fingerprint density at radius 1 is 1.30 bits per heavy atom. The fraction of sp³-hybridized carbons (Fsp3) is 0.562. The van der Waals surface area contributed by atoms with Crippen LogP contribution in [0.4, 0.5) is 0 Å². The average Bonchev–Trinajstić information content (AvgIpc) is 2.42. The maximum absolute atomic E-state index is 12.7. The number of carbonyl (C=O) groups is 1. The lowest BCUT2D eigenvalue weighted by Gasteiger charge is -2.38. The minimum absolute atomic E-state index is 0.230. The molecular formula is C16H23BrClNO. The van der Waals surface area contributed by atoms with Gasteiger partial charge in [0.2, 0.25) is 0 Å². The van der Waals surface area contributed by atoms with Gasteiger partial charge in [0.25, 0.3) is 0 Å². The summed E-state index contributed by atoms with van der Waals surface area (Å²) in [5.74, 6) is 0.230. The number of rotatable bonds is 7. The van der Waals surface area contributed by atoms with Crippen molar-refractivity contribution in [1.29, 1.82) is 0 Å². The first-order chi connectivity index (χ1) is 9.38. The van der Waals surface area contributed by atoms with Gasteiger partial charge in [-0.1, -0.05) is 54.4 Å². The number of halogens is 2. The van der Waals surface area contributed by atoms with E-state index in [9.17, 15) is 4.79 Å². The summed E-state index contributed by atoms with van der Waals surface area (Å²) in [5.41, 5.74) is 0.478. The Bertz CT molecular complexity index is 474. The zero-order valence-electron chi connectivity index (χ0n) is 12.7. The molecule has 2 nitrogen and oxygen atoms in total. The van der Waals surface area contributed by atoms with Gasteiger partial charge in [0, 0.05) is 15.9 Å². The van der Waals surface area contributed by atoms with Crippen LogP contribution in [0.3, 0.4) is 0 Å². The molecule has 0 fully saturated rings. The lowest BCUT2D eigenvalue weighted by Crippen LogP contribution is -2.52. The summed E-state index contributed by atoms with van der Waals surface area (Å²) in [6, 6.07) is 5.68. The van der Waals surface area contributed by atoms with E-state index in [2.05, 4.69) is 41.6 Å². The van der Waals surface area contributed by atoms with Crippen molar-refractivity contribution < 1.29 is 4.79 Å². The van der Waals surface area contributed by atoms with E-state index >= 15 is 0 Å². The summed E-state index contributed by atoms with van der Waals surface area (Å²) in [4.78, 5) is 15.0. The number of ketones is 1. The third kappa shape index (κ3) is 3.84. The number of nitrogens with zero attached hydrogens (tertiary/aromatic N) is 1. The average molecular weight is 361 g/mol. The molecule has 0 radical (unpaired) electrons. The van der Waals surface area contributed by atoms with Crippen molar-refractivity contribution in [1.82, 2.24) is 4.90 Å². The molecule has 1 aromatic carbocycles. The lowest BCUT2D eigenvalue weighted by atomic mass is 9.87. The van der Waals surface area contributed by atoms with Crippen molar-refractivity contribution in [2.24, 2.45) is 0 Å². The smallest absolute Gasteiger partial charge is 0.157 e. The van der Waals surface area contributed by atoms with E-state index in [-0.39, 0.29) is 5.78 Å². The highest BCUT2D eigenvalue weighted by atomic mass is 79.9. The van der Waals surface area contributed by atoms with Gasteiger partial charge in [-0.3, -0.25) is 9.69 Å². The SMILES string of the molecule is CCN(CC)C(C)(CC)C(=O)Cc1ccc(Br)cc1Cl. The molecule has 0 heterocycles. The van der Waals surface area contributed by atoms with Gasteiger partial charge in [-0.05, 0) is 44.1 Å². The van der Waals surface area contributed by atoms with Crippen molar-refractivity contribution in [3.05, 3.63) is 33.3 Å². The van der Waals surface area contributed by atoms with Crippen LogP contribution in [0.15, 0.2) is 22.7 Å². The molecule has 0 N–H and O–H groups in total. The van der Waals surface area contributed by atoms with Crippen LogP contribution in [0.1, 0.15) is 39.7 Å². The Morgan fingerprint density at radius 2 is 1.90 bits per heavy atom. The van der Waals surface area contributed by atoms with Crippen molar-refractivity contribution in [2.45, 2.75) is 46.1 Å². The van der Waals surface area contributed by atoms with E-state index in [0.29, 0.717) is 11.4 Å². The molecule has 0 amide bonds. The molecule has 1 rings (SSSR count). The molecule has 20 heavy (non-hydrogen) atoms. The van der Waals surface area contributed by atoms with Crippen LogP contribution in [0.2, 0.25) is 5.02 Å². The highest BCUT2D eigenvalue weighted by Crippen LogP contribution is 2.26. The van der Waals surface area contributed by atoms with Gasteiger partial charge in [0.1, 0.15) is 0 Å². The number of hydrogen-bond acceptors (Lipinski definition) is 2. The van der Waals surface area contributed by atoms with Crippen molar-refractivity contribution in [3.8, 4) is 0 Å². The summed E-state index contributed by atoms with van der Waals surface area (Å²) >= 11 is 9.60. The quantitative estimate of drug-likeness (QED) is 0.701. The number of likely N-dealkylation sites (N-methyl/N-ethyl adjacent to an activating group) is 1. The molecule has 0 aliphatic rings. The van der Waals surface area contributed by atoms with Gasteiger partial charge in [0.05, 0.1) is 5.54 Å². The Morgan fingerprint density at radius 3 is 2.35 bits per heavy atom. The van der Waals surface area contributed by atoms with E-state index < -0.39 is 5.54 Å². The number of benzene rings is 1. The van der Waals surface area contributed by atoms with E-state index in [1.165, 1.54) is 0 Å². The molecule has 112 valence electrons. The molecule has 0 aromatic heterocycles. The summed E-state index contributed by atoms with van der Waals surface area (Å²) in [6.45, 7) is 10.0. The van der Waals surface area contributed by atoms with E-state index in [0.717, 1.165) is 29.5 Å². The predicted octanol–water partition coefficient (Wildman–Crippen LogP) is 4.72. The van der Waals surface area contributed by atoms with Crippen molar-refractivity contribution in [3.63, 3.8) is 0 Å². The molecule has 0 aliphatic heterocycles. The molecule has 0 spiro atoms. The highest BCUT2D eigenvalue weighted by Gasteiger charge is 2.35. The molecule has 1 aromatic rings. The second kappa shape index (κ2) is 7.58. The minimum Gasteiger partial charge on any atom is -0.297 e. The van der Waals surface area contributed by atoms with E-state index in [4.69, 9.17) is 11.6 Å². The number of carbonyl (C=O) groups excluding carboxylic acids is 1. The molecular weight excluding hydrogens is 338 g/mol. The number of Topliss-reactive ketones (excluding diaryl/α,β-unsaturated/α-hetero) is 1. The van der Waals surface area contributed by atoms with Gasteiger partial charge in [-0.15, -0.1) is 0 Å². The van der Waals surface area contributed by atoms with Crippen LogP contribution < -0.4 is 0 Å². The van der Waals surface area contributed by atoms with Gasteiger partial charge < -0.3 is 0 Å². The van der Waals surface area contributed by atoms with Crippen molar-refractivity contribution >= 4 is 33.3 Å². The van der Waals surface area contributed by atoms with Gasteiger partial charge in [-0.2, -0.15) is 0 Å². The standard InChI is InChI=1S/C16H23BrClNO/c1-5-16(4,19(6-2)7-3)15(20)10-12-8-9-13(17)11-14(12)18/h8-9,11H,5-7,10H2,1-4H3. The minimum atomic E-state index is -0.417. The molecule has 4 heteroatoms. The molecule has 0 saturated heterocycles. The zero-order valence-corrected chi connectivity index (χ0v) is 15.0. The van der Waals surface area contributed by atoms with Gasteiger partial charge in [0.15, 0.2) is 5.78 Å². The first-order valence-corrected chi connectivity index (χ1v) is 8.28. The number of hydrogen-bond donors (Lipinski definition) is 0. The molecule has 0 aliphatic carbocycles. The van der Waals surface area contributed by atoms with Crippen LogP contribution in [-0.4, -0.2) is 29.3 Å². The summed E-state index contributed by atoms with van der Waals surface area (Å²) in [6.07, 6.45) is 1.19. The van der Waals surface area contributed by atoms with Crippen LogP contribution in [-0.2, 0) is 11.2 Å². The predicted molar refractivity (Wildman–Crippen MR) is 89.5 cm³/mol. The van der Waals surface area contributed by atoms with Gasteiger partial charge >= 0.3 is 0 Å². The highest BCUT2D eigenvalue weighted by molar-refractivity contribution is 9.10. The monoisotopic (exact) mass is 359 g/mol. The lowest BCUT2D eigenvalue weighted by molar-refractivity contribution is -0.129. The first-order valence-electron chi connectivity index (χ1n) is 7.11.